The lowest BCUT2D eigenvalue weighted by Gasteiger charge is -2.09. The molecular formula is C10H17NO2. The predicted octanol–water partition coefficient (Wildman–Crippen LogP) is 1.07. The summed E-state index contributed by atoms with van der Waals surface area (Å²) in [6.07, 6.45) is 4.67. The van der Waals surface area contributed by atoms with Crippen molar-refractivity contribution in [1.82, 2.24) is 0 Å². The Kier molecular flexibility index (Phi) is 2.06. The molecular weight excluding hydrogens is 166 g/mol. The Morgan fingerprint density at radius 3 is 2.46 bits per heavy atom. The number of nitrogens with two attached hydrogens (primary N) is 1. The minimum Gasteiger partial charge on any atom is -0.465 e. The molecule has 2 atom stereocenters. The molecule has 2 saturated carbocycles. The zero-order valence-corrected chi connectivity index (χ0v) is 8.08. The van der Waals surface area contributed by atoms with Gasteiger partial charge in [0, 0.05) is 0 Å². The van der Waals surface area contributed by atoms with Crippen molar-refractivity contribution in [2.75, 3.05) is 6.61 Å². The zero-order valence-electron chi connectivity index (χ0n) is 8.08. The van der Waals surface area contributed by atoms with Gasteiger partial charge in [-0.3, -0.25) is 4.79 Å². The van der Waals surface area contributed by atoms with Crippen LogP contribution < -0.4 is 5.73 Å². The first kappa shape index (κ1) is 9.00. The van der Waals surface area contributed by atoms with Crippen LogP contribution in [0.4, 0.5) is 0 Å². The maximum Gasteiger partial charge on any atom is 0.326 e. The van der Waals surface area contributed by atoms with Gasteiger partial charge in [-0.1, -0.05) is 12.8 Å². The van der Waals surface area contributed by atoms with Crippen molar-refractivity contribution in [3.63, 3.8) is 0 Å². The minimum absolute atomic E-state index is 0.174. The number of hydrogen-bond donors (Lipinski definition) is 1. The molecule has 0 aromatic carbocycles. The second-order valence-electron chi connectivity index (χ2n) is 4.15. The van der Waals surface area contributed by atoms with E-state index in [-0.39, 0.29) is 5.97 Å². The van der Waals surface area contributed by atoms with Gasteiger partial charge in [0.2, 0.25) is 0 Å². The van der Waals surface area contributed by atoms with Crippen LogP contribution >= 0.6 is 0 Å². The molecule has 0 aliphatic heterocycles. The summed E-state index contributed by atoms with van der Waals surface area (Å²) in [4.78, 5) is 11.5. The number of ether oxygens (including phenoxy) is 1. The van der Waals surface area contributed by atoms with Crippen LogP contribution in [-0.4, -0.2) is 18.1 Å². The maximum absolute atomic E-state index is 11.5. The summed E-state index contributed by atoms with van der Waals surface area (Å²) in [5.41, 5.74) is 5.45. The summed E-state index contributed by atoms with van der Waals surface area (Å²) in [5, 5.41) is 0. The number of esters is 1. The molecule has 2 rings (SSSR count). The van der Waals surface area contributed by atoms with Gasteiger partial charge in [-0.15, -0.1) is 0 Å². The Morgan fingerprint density at radius 2 is 2.00 bits per heavy atom. The number of carbonyl (C=O) groups excluding carboxylic acids is 1. The van der Waals surface area contributed by atoms with E-state index in [0.717, 1.165) is 12.8 Å². The minimum atomic E-state index is -0.605. The van der Waals surface area contributed by atoms with E-state index in [1.807, 2.05) is 6.92 Å². The second kappa shape index (κ2) is 2.98. The Hall–Kier alpha value is -0.570. The molecule has 0 radical (unpaired) electrons. The third-order valence-electron chi connectivity index (χ3n) is 3.51. The van der Waals surface area contributed by atoms with Crippen LogP contribution in [0.15, 0.2) is 0 Å². The summed E-state index contributed by atoms with van der Waals surface area (Å²) < 4.78 is 5.00. The van der Waals surface area contributed by atoms with E-state index in [2.05, 4.69) is 0 Å². The summed E-state index contributed by atoms with van der Waals surface area (Å²) in [6, 6.07) is 0. The molecule has 74 valence electrons. The van der Waals surface area contributed by atoms with E-state index in [9.17, 15) is 4.79 Å². The molecule has 13 heavy (non-hydrogen) atoms. The second-order valence-corrected chi connectivity index (χ2v) is 4.15. The van der Waals surface area contributed by atoms with Crippen molar-refractivity contribution in [2.45, 2.75) is 38.1 Å². The van der Waals surface area contributed by atoms with Gasteiger partial charge in [0.05, 0.1) is 6.61 Å². The highest BCUT2D eigenvalue weighted by molar-refractivity contribution is 5.85. The van der Waals surface area contributed by atoms with Gasteiger partial charge >= 0.3 is 5.97 Å². The summed E-state index contributed by atoms with van der Waals surface area (Å²) >= 11 is 0. The predicted molar refractivity (Wildman–Crippen MR) is 49.0 cm³/mol. The molecule has 0 saturated heterocycles. The fraction of sp³-hybridized carbons (Fsp3) is 0.900. The van der Waals surface area contributed by atoms with E-state index in [1.54, 1.807) is 0 Å². The van der Waals surface area contributed by atoms with Crippen molar-refractivity contribution < 1.29 is 9.53 Å². The average Bonchev–Trinajstić information content (AvgIpc) is 2.76. The van der Waals surface area contributed by atoms with Crippen LogP contribution in [0, 0.1) is 11.8 Å². The fourth-order valence-corrected chi connectivity index (χ4v) is 2.73. The van der Waals surface area contributed by atoms with E-state index >= 15 is 0 Å². The third kappa shape index (κ3) is 1.17. The van der Waals surface area contributed by atoms with E-state index in [1.165, 1.54) is 12.8 Å². The zero-order chi connectivity index (χ0) is 9.47. The molecule has 2 aliphatic carbocycles. The van der Waals surface area contributed by atoms with Crippen molar-refractivity contribution in [3.8, 4) is 0 Å². The van der Waals surface area contributed by atoms with Gasteiger partial charge in [0.15, 0.2) is 0 Å². The van der Waals surface area contributed by atoms with E-state index in [4.69, 9.17) is 10.5 Å². The molecule has 2 aliphatic rings. The van der Waals surface area contributed by atoms with Crippen LogP contribution in [0.3, 0.4) is 0 Å². The van der Waals surface area contributed by atoms with Crippen molar-refractivity contribution >= 4 is 5.97 Å². The lowest BCUT2D eigenvalue weighted by molar-refractivity contribution is -0.146. The first-order valence-electron chi connectivity index (χ1n) is 5.17. The summed E-state index contributed by atoms with van der Waals surface area (Å²) in [7, 11) is 0. The molecule has 3 nitrogen and oxygen atoms in total. The molecule has 2 N–H and O–H groups in total. The molecule has 0 spiro atoms. The SMILES string of the molecule is CCOC(=O)C1(N)C2CCCCC21. The van der Waals surface area contributed by atoms with Gasteiger partial charge in [0.1, 0.15) is 5.54 Å². The maximum atomic E-state index is 11.5. The van der Waals surface area contributed by atoms with Gasteiger partial charge in [-0.05, 0) is 31.6 Å². The van der Waals surface area contributed by atoms with Crippen molar-refractivity contribution in [2.24, 2.45) is 17.6 Å². The lowest BCUT2D eigenvalue weighted by Crippen LogP contribution is -2.38. The normalized spacial score (nSPS) is 42.3. The highest BCUT2D eigenvalue weighted by atomic mass is 16.5. The van der Waals surface area contributed by atoms with E-state index in [0.29, 0.717) is 18.4 Å². The number of carbonyl (C=O) groups is 1. The topological polar surface area (TPSA) is 52.3 Å². The molecule has 3 heteroatoms. The molecule has 0 aromatic rings. The van der Waals surface area contributed by atoms with Gasteiger partial charge in [-0.25, -0.2) is 0 Å². The molecule has 2 fully saturated rings. The standard InChI is InChI=1S/C10H17NO2/c1-2-13-9(12)10(11)7-5-3-4-6-8(7)10/h7-8H,2-6,11H2,1H3. The first-order valence-corrected chi connectivity index (χ1v) is 5.17. The number of fused-ring (bicyclic) bond motifs is 1. The average molecular weight is 183 g/mol. The Morgan fingerprint density at radius 1 is 1.46 bits per heavy atom. The van der Waals surface area contributed by atoms with Crippen LogP contribution in [0.25, 0.3) is 0 Å². The quantitative estimate of drug-likeness (QED) is 0.651. The van der Waals surface area contributed by atoms with Gasteiger partial charge in [0.25, 0.3) is 0 Å². The Bertz CT molecular complexity index is 215. The lowest BCUT2D eigenvalue weighted by atomic mass is 10.0. The monoisotopic (exact) mass is 183 g/mol. The molecule has 0 amide bonds. The molecule has 0 aromatic heterocycles. The van der Waals surface area contributed by atoms with Gasteiger partial charge in [-0.2, -0.15) is 0 Å². The van der Waals surface area contributed by atoms with Crippen LogP contribution in [0.1, 0.15) is 32.6 Å². The molecule has 0 heterocycles. The Labute approximate surface area is 78.6 Å². The summed E-state index contributed by atoms with van der Waals surface area (Å²) in [6.45, 7) is 2.27. The fourth-order valence-electron chi connectivity index (χ4n) is 2.73. The Balaban J connectivity index is 2.02. The molecule has 2 unspecified atom stereocenters. The highest BCUT2D eigenvalue weighted by Gasteiger charge is 2.67. The van der Waals surface area contributed by atoms with E-state index < -0.39 is 5.54 Å². The van der Waals surface area contributed by atoms with Crippen LogP contribution in [0.5, 0.6) is 0 Å². The molecule has 0 bridgehead atoms. The largest absolute Gasteiger partial charge is 0.465 e. The highest BCUT2D eigenvalue weighted by Crippen LogP contribution is 2.57. The van der Waals surface area contributed by atoms with Crippen molar-refractivity contribution in [3.05, 3.63) is 0 Å². The first-order chi connectivity index (χ1) is 6.21. The van der Waals surface area contributed by atoms with Crippen molar-refractivity contribution in [1.29, 1.82) is 0 Å². The van der Waals surface area contributed by atoms with Crippen LogP contribution in [-0.2, 0) is 9.53 Å². The number of rotatable bonds is 2. The smallest absolute Gasteiger partial charge is 0.326 e. The number of hydrogen-bond acceptors (Lipinski definition) is 3. The van der Waals surface area contributed by atoms with Gasteiger partial charge < -0.3 is 10.5 Å². The summed E-state index contributed by atoms with van der Waals surface area (Å²) in [5.74, 6) is 0.660. The van der Waals surface area contributed by atoms with Crippen LogP contribution in [0.2, 0.25) is 0 Å². The third-order valence-corrected chi connectivity index (χ3v) is 3.51.